The average Bonchev–Trinajstić information content (AvgIpc) is 2.96. The fourth-order valence-electron chi connectivity index (χ4n) is 2.21. The second-order valence-electron chi connectivity index (χ2n) is 4.56. The number of ether oxygens (including phenoxy) is 1. The van der Waals surface area contributed by atoms with Gasteiger partial charge in [0.15, 0.2) is 0 Å². The van der Waals surface area contributed by atoms with Gasteiger partial charge in [0, 0.05) is 0 Å². The van der Waals surface area contributed by atoms with Crippen molar-refractivity contribution in [3.8, 4) is 5.88 Å². The van der Waals surface area contributed by atoms with E-state index in [1.54, 1.807) is 11.3 Å². The van der Waals surface area contributed by atoms with Crippen LogP contribution in [-0.4, -0.2) is 15.0 Å². The molecule has 0 fully saturated rings. The van der Waals surface area contributed by atoms with Crippen LogP contribution in [0.4, 0.5) is 0 Å². The minimum absolute atomic E-state index is 0.417. The first kappa shape index (κ1) is 12.2. The van der Waals surface area contributed by atoms with Gasteiger partial charge in [-0.2, -0.15) is 0 Å². The Balaban J connectivity index is 1.63. The lowest BCUT2D eigenvalue weighted by molar-refractivity contribution is 0.297. The predicted molar refractivity (Wildman–Crippen MR) is 83.5 cm³/mol. The lowest BCUT2D eigenvalue weighted by Crippen LogP contribution is -1.98. The molecule has 21 heavy (non-hydrogen) atoms. The van der Waals surface area contributed by atoms with Crippen LogP contribution >= 0.6 is 11.3 Å². The first-order chi connectivity index (χ1) is 10.4. The fourth-order valence-corrected chi connectivity index (χ4v) is 3.09. The molecule has 0 aliphatic rings. The Morgan fingerprint density at radius 2 is 1.71 bits per heavy atom. The van der Waals surface area contributed by atoms with E-state index in [0.717, 1.165) is 21.4 Å². The summed E-state index contributed by atoms with van der Waals surface area (Å²) < 4.78 is 7.00. The first-order valence-electron chi connectivity index (χ1n) is 6.57. The Morgan fingerprint density at radius 1 is 0.905 bits per heavy atom. The molecule has 0 radical (unpaired) electrons. The summed E-state index contributed by atoms with van der Waals surface area (Å²) in [6.45, 7) is 0.417. The summed E-state index contributed by atoms with van der Waals surface area (Å²) in [4.78, 5) is 13.0. The lowest BCUT2D eigenvalue weighted by Gasteiger charge is -2.05. The highest BCUT2D eigenvalue weighted by Gasteiger charge is 2.07. The molecule has 0 saturated heterocycles. The second kappa shape index (κ2) is 5.10. The van der Waals surface area contributed by atoms with Crippen LogP contribution in [0.3, 0.4) is 0 Å². The van der Waals surface area contributed by atoms with Gasteiger partial charge in [0.05, 0.1) is 21.1 Å². The number of nitrogens with zero attached hydrogens (tertiary/aromatic N) is 3. The Kier molecular flexibility index (Phi) is 2.97. The van der Waals surface area contributed by atoms with E-state index in [2.05, 4.69) is 21.0 Å². The van der Waals surface area contributed by atoms with Crippen molar-refractivity contribution in [2.24, 2.45) is 0 Å². The molecule has 0 unspecified atom stereocenters. The average molecular weight is 293 g/mol. The van der Waals surface area contributed by atoms with Crippen molar-refractivity contribution >= 4 is 32.5 Å². The van der Waals surface area contributed by atoms with Crippen molar-refractivity contribution in [1.82, 2.24) is 15.0 Å². The molecule has 0 amide bonds. The van der Waals surface area contributed by atoms with Crippen LogP contribution in [0, 0.1) is 0 Å². The van der Waals surface area contributed by atoms with Crippen molar-refractivity contribution in [2.45, 2.75) is 6.61 Å². The normalized spacial score (nSPS) is 11.0. The standard InChI is InChI=1S/C16H11N3OS/c1-2-6-12-11(5-1)16(18-10-17-12)20-9-15-19-13-7-3-4-8-14(13)21-15/h1-8,10H,9H2. The van der Waals surface area contributed by atoms with Gasteiger partial charge in [0.1, 0.15) is 17.9 Å². The summed E-state index contributed by atoms with van der Waals surface area (Å²) in [5.41, 5.74) is 1.89. The number of aromatic nitrogens is 3. The van der Waals surface area contributed by atoms with E-state index in [-0.39, 0.29) is 0 Å². The lowest BCUT2D eigenvalue weighted by atomic mass is 10.2. The molecule has 0 bridgehead atoms. The molecule has 0 aliphatic heterocycles. The van der Waals surface area contributed by atoms with Gasteiger partial charge in [-0.05, 0) is 24.3 Å². The number of rotatable bonds is 3. The first-order valence-corrected chi connectivity index (χ1v) is 7.39. The molecule has 0 saturated carbocycles. The summed E-state index contributed by atoms with van der Waals surface area (Å²) in [5.74, 6) is 0.597. The maximum Gasteiger partial charge on any atom is 0.224 e. The van der Waals surface area contributed by atoms with Crippen LogP contribution in [0.15, 0.2) is 54.9 Å². The van der Waals surface area contributed by atoms with Crippen LogP contribution in [-0.2, 0) is 6.61 Å². The van der Waals surface area contributed by atoms with E-state index in [4.69, 9.17) is 4.74 Å². The third kappa shape index (κ3) is 2.32. The van der Waals surface area contributed by atoms with E-state index in [1.807, 2.05) is 42.5 Å². The highest BCUT2D eigenvalue weighted by Crippen LogP contribution is 2.25. The van der Waals surface area contributed by atoms with Gasteiger partial charge in [-0.15, -0.1) is 11.3 Å². The monoisotopic (exact) mass is 293 g/mol. The van der Waals surface area contributed by atoms with Crippen molar-refractivity contribution in [3.05, 3.63) is 59.9 Å². The van der Waals surface area contributed by atoms with Crippen molar-refractivity contribution in [1.29, 1.82) is 0 Å². The van der Waals surface area contributed by atoms with Gasteiger partial charge in [-0.1, -0.05) is 24.3 Å². The largest absolute Gasteiger partial charge is 0.470 e. The van der Waals surface area contributed by atoms with Crippen LogP contribution < -0.4 is 4.74 Å². The number of hydrogen-bond acceptors (Lipinski definition) is 5. The predicted octanol–water partition coefficient (Wildman–Crippen LogP) is 3.82. The van der Waals surface area contributed by atoms with Crippen molar-refractivity contribution in [2.75, 3.05) is 0 Å². The number of hydrogen-bond donors (Lipinski definition) is 0. The van der Waals surface area contributed by atoms with Gasteiger partial charge in [0.25, 0.3) is 0 Å². The van der Waals surface area contributed by atoms with Crippen molar-refractivity contribution in [3.63, 3.8) is 0 Å². The van der Waals surface area contributed by atoms with E-state index in [0.29, 0.717) is 12.5 Å². The van der Waals surface area contributed by atoms with Gasteiger partial charge >= 0.3 is 0 Å². The third-order valence-corrected chi connectivity index (χ3v) is 4.19. The molecule has 4 nitrogen and oxygen atoms in total. The molecular weight excluding hydrogens is 282 g/mol. The Labute approximate surface area is 125 Å². The highest BCUT2D eigenvalue weighted by atomic mass is 32.1. The van der Waals surface area contributed by atoms with E-state index >= 15 is 0 Å². The molecule has 2 heterocycles. The molecule has 0 aliphatic carbocycles. The second-order valence-corrected chi connectivity index (χ2v) is 5.68. The van der Waals surface area contributed by atoms with E-state index < -0.39 is 0 Å². The van der Waals surface area contributed by atoms with Crippen molar-refractivity contribution < 1.29 is 4.74 Å². The Hall–Kier alpha value is -2.53. The van der Waals surface area contributed by atoms with Crippen LogP contribution in [0.5, 0.6) is 5.88 Å². The maximum absolute atomic E-state index is 5.83. The number of fused-ring (bicyclic) bond motifs is 2. The molecule has 0 spiro atoms. The smallest absolute Gasteiger partial charge is 0.224 e. The molecule has 0 N–H and O–H groups in total. The number of benzene rings is 2. The minimum atomic E-state index is 0.417. The molecule has 2 aromatic heterocycles. The number of thiazole rings is 1. The highest BCUT2D eigenvalue weighted by molar-refractivity contribution is 7.18. The minimum Gasteiger partial charge on any atom is -0.470 e. The SMILES string of the molecule is c1ccc2sc(COc3ncnc4ccccc34)nc2c1. The molecule has 2 aromatic carbocycles. The molecule has 0 atom stereocenters. The van der Waals surface area contributed by atoms with Crippen LogP contribution in [0.2, 0.25) is 0 Å². The van der Waals surface area contributed by atoms with Gasteiger partial charge in [-0.25, -0.2) is 15.0 Å². The zero-order chi connectivity index (χ0) is 14.1. The van der Waals surface area contributed by atoms with Crippen LogP contribution in [0.1, 0.15) is 5.01 Å². The summed E-state index contributed by atoms with van der Waals surface area (Å²) in [5, 5.41) is 1.86. The van der Waals surface area contributed by atoms with Gasteiger partial charge in [0.2, 0.25) is 5.88 Å². The molecule has 102 valence electrons. The van der Waals surface area contributed by atoms with Gasteiger partial charge < -0.3 is 4.74 Å². The summed E-state index contributed by atoms with van der Waals surface area (Å²) in [6.07, 6.45) is 1.52. The zero-order valence-electron chi connectivity index (χ0n) is 11.1. The summed E-state index contributed by atoms with van der Waals surface area (Å²) >= 11 is 1.64. The maximum atomic E-state index is 5.83. The molecule has 4 rings (SSSR count). The van der Waals surface area contributed by atoms with E-state index in [1.165, 1.54) is 11.0 Å². The summed E-state index contributed by atoms with van der Waals surface area (Å²) in [7, 11) is 0. The molecule has 4 aromatic rings. The number of para-hydroxylation sites is 2. The Morgan fingerprint density at radius 3 is 2.62 bits per heavy atom. The Bertz CT molecular complexity index is 881. The fraction of sp³-hybridized carbons (Fsp3) is 0.0625. The van der Waals surface area contributed by atoms with Crippen LogP contribution in [0.25, 0.3) is 21.1 Å². The molecular formula is C16H11N3OS. The molecule has 5 heteroatoms. The van der Waals surface area contributed by atoms with E-state index in [9.17, 15) is 0 Å². The van der Waals surface area contributed by atoms with Gasteiger partial charge in [-0.3, -0.25) is 0 Å². The topological polar surface area (TPSA) is 47.9 Å². The zero-order valence-corrected chi connectivity index (χ0v) is 11.9. The quantitative estimate of drug-likeness (QED) is 0.576. The third-order valence-electron chi connectivity index (χ3n) is 3.18. The summed E-state index contributed by atoms with van der Waals surface area (Å²) in [6, 6.07) is 15.9.